The molecule has 0 aliphatic carbocycles. The third-order valence-electron chi connectivity index (χ3n) is 3.48. The van der Waals surface area contributed by atoms with Crippen LogP contribution in [0.5, 0.6) is 0 Å². The number of halogens is 1. The molecule has 0 unspecified atom stereocenters. The molecule has 0 N–H and O–H groups in total. The summed E-state index contributed by atoms with van der Waals surface area (Å²) < 4.78 is 24.8. The molecule has 0 spiro atoms. The number of nitriles is 1. The molecule has 22 heavy (non-hydrogen) atoms. The van der Waals surface area contributed by atoms with Crippen LogP contribution < -0.4 is 4.90 Å². The van der Waals surface area contributed by atoms with Crippen LogP contribution in [-0.4, -0.2) is 8.42 Å². The largest absolute Gasteiger partial charge is 0.314 e. The molecule has 0 amide bonds. The first-order valence-electron chi connectivity index (χ1n) is 6.46. The maximum Gasteiger partial charge on any atom is 0.220 e. The number of para-hydroxylation sites is 1. The summed E-state index contributed by atoms with van der Waals surface area (Å²) in [6.45, 7) is 1.88. The maximum atomic E-state index is 12.4. The summed E-state index contributed by atoms with van der Waals surface area (Å²) in [6.07, 6.45) is 1.36. The van der Waals surface area contributed by atoms with Crippen molar-refractivity contribution in [3.63, 3.8) is 0 Å². The number of aryl methyl sites for hydroxylation is 1. The molecule has 110 valence electrons. The van der Waals surface area contributed by atoms with E-state index < -0.39 is 9.84 Å². The van der Waals surface area contributed by atoms with E-state index in [1.807, 2.05) is 6.92 Å². The minimum absolute atomic E-state index is 0.128. The van der Waals surface area contributed by atoms with Gasteiger partial charge in [-0.3, -0.25) is 0 Å². The second-order valence-corrected chi connectivity index (χ2v) is 7.20. The highest BCUT2D eigenvalue weighted by Gasteiger charge is 2.32. The van der Waals surface area contributed by atoms with Crippen molar-refractivity contribution in [1.29, 1.82) is 5.26 Å². The van der Waals surface area contributed by atoms with Crippen molar-refractivity contribution in [2.24, 2.45) is 0 Å². The highest BCUT2D eigenvalue weighted by atomic mass is 35.5. The van der Waals surface area contributed by atoms with Crippen LogP contribution in [-0.2, 0) is 9.84 Å². The third-order valence-corrected chi connectivity index (χ3v) is 5.41. The van der Waals surface area contributed by atoms with Crippen LogP contribution >= 0.6 is 11.6 Å². The van der Waals surface area contributed by atoms with Gasteiger partial charge >= 0.3 is 0 Å². The SMILES string of the molecule is Cc1cc(Cl)ccc1N1C=C(C#N)S(=O)(=O)c2ccccc21. The molecule has 0 fully saturated rings. The van der Waals surface area contributed by atoms with Crippen molar-refractivity contribution in [1.82, 2.24) is 0 Å². The summed E-state index contributed by atoms with van der Waals surface area (Å²) >= 11 is 5.98. The Labute approximate surface area is 133 Å². The molecule has 1 aliphatic rings. The monoisotopic (exact) mass is 330 g/mol. The summed E-state index contributed by atoms with van der Waals surface area (Å²) in [5, 5.41) is 9.79. The van der Waals surface area contributed by atoms with E-state index in [1.54, 1.807) is 47.4 Å². The molecular weight excluding hydrogens is 320 g/mol. The number of fused-ring (bicyclic) bond motifs is 1. The fraction of sp³-hybridized carbons (Fsp3) is 0.0625. The Morgan fingerprint density at radius 2 is 1.86 bits per heavy atom. The van der Waals surface area contributed by atoms with Crippen molar-refractivity contribution < 1.29 is 8.42 Å². The molecule has 2 aromatic rings. The highest BCUT2D eigenvalue weighted by Crippen LogP contribution is 2.40. The third kappa shape index (κ3) is 2.17. The van der Waals surface area contributed by atoms with E-state index in [4.69, 9.17) is 11.6 Å². The predicted molar refractivity (Wildman–Crippen MR) is 85.7 cm³/mol. The minimum atomic E-state index is -3.76. The summed E-state index contributed by atoms with van der Waals surface area (Å²) in [5.74, 6) is 0. The number of nitrogens with zero attached hydrogens (tertiary/aromatic N) is 2. The van der Waals surface area contributed by atoms with Gasteiger partial charge in [-0.1, -0.05) is 23.7 Å². The van der Waals surface area contributed by atoms with E-state index in [-0.39, 0.29) is 9.80 Å². The average molecular weight is 331 g/mol. The van der Waals surface area contributed by atoms with Gasteiger partial charge in [0.05, 0.1) is 10.6 Å². The molecule has 0 atom stereocenters. The van der Waals surface area contributed by atoms with Crippen molar-refractivity contribution in [2.75, 3.05) is 4.90 Å². The maximum absolute atomic E-state index is 12.4. The first-order valence-corrected chi connectivity index (χ1v) is 8.32. The highest BCUT2D eigenvalue weighted by molar-refractivity contribution is 7.95. The zero-order chi connectivity index (χ0) is 15.9. The fourth-order valence-corrected chi connectivity index (χ4v) is 3.96. The molecule has 6 heteroatoms. The van der Waals surface area contributed by atoms with Crippen LogP contribution in [0.3, 0.4) is 0 Å². The van der Waals surface area contributed by atoms with Gasteiger partial charge in [0.1, 0.15) is 6.07 Å². The number of rotatable bonds is 1. The van der Waals surface area contributed by atoms with E-state index in [1.165, 1.54) is 12.3 Å². The molecule has 0 radical (unpaired) electrons. The lowest BCUT2D eigenvalue weighted by molar-refractivity contribution is 0.602. The smallest absolute Gasteiger partial charge is 0.220 e. The Bertz CT molecular complexity index is 943. The average Bonchev–Trinajstić information content (AvgIpc) is 2.49. The minimum Gasteiger partial charge on any atom is -0.314 e. The van der Waals surface area contributed by atoms with Crippen LogP contribution in [0.2, 0.25) is 5.02 Å². The number of hydrogen-bond donors (Lipinski definition) is 0. The molecule has 4 nitrogen and oxygen atoms in total. The van der Waals surface area contributed by atoms with E-state index in [2.05, 4.69) is 0 Å². The van der Waals surface area contributed by atoms with E-state index >= 15 is 0 Å². The van der Waals surface area contributed by atoms with E-state index in [0.717, 1.165) is 11.3 Å². The second-order valence-electron chi connectivity index (χ2n) is 4.88. The van der Waals surface area contributed by atoms with Crippen molar-refractivity contribution in [3.05, 3.63) is 64.2 Å². The van der Waals surface area contributed by atoms with Crippen LogP contribution in [0.1, 0.15) is 5.56 Å². The lowest BCUT2D eigenvalue weighted by Crippen LogP contribution is -2.21. The number of benzene rings is 2. The Kier molecular flexibility index (Phi) is 3.44. The number of hydrogen-bond acceptors (Lipinski definition) is 4. The van der Waals surface area contributed by atoms with Crippen LogP contribution in [0.25, 0.3) is 0 Å². The summed E-state index contributed by atoms with van der Waals surface area (Å²) in [5.41, 5.74) is 2.18. The van der Waals surface area contributed by atoms with Crippen molar-refractivity contribution in [2.45, 2.75) is 11.8 Å². The normalized spacial score (nSPS) is 15.7. The van der Waals surface area contributed by atoms with Crippen LogP contribution in [0.15, 0.2) is 58.5 Å². The fourth-order valence-electron chi connectivity index (χ4n) is 2.44. The predicted octanol–water partition coefficient (Wildman–Crippen LogP) is 3.94. The van der Waals surface area contributed by atoms with Gasteiger partial charge in [-0.05, 0) is 42.8 Å². The Balaban J connectivity index is 2.31. The van der Waals surface area contributed by atoms with Gasteiger partial charge in [-0.25, -0.2) is 8.42 Å². The van der Waals surface area contributed by atoms with Gasteiger partial charge in [0.15, 0.2) is 4.91 Å². The molecule has 0 saturated heterocycles. The lowest BCUT2D eigenvalue weighted by atomic mass is 10.1. The molecule has 1 heterocycles. The van der Waals surface area contributed by atoms with Crippen molar-refractivity contribution in [3.8, 4) is 6.07 Å². The molecule has 0 bridgehead atoms. The summed E-state index contributed by atoms with van der Waals surface area (Å²) in [4.78, 5) is 1.56. The number of allylic oxidation sites excluding steroid dienone is 1. The zero-order valence-electron chi connectivity index (χ0n) is 11.6. The topological polar surface area (TPSA) is 61.2 Å². The standard InChI is InChI=1S/C16H11ClN2O2S/c1-11-8-12(17)6-7-14(11)19-10-13(9-18)22(20,21)16-5-3-2-4-15(16)19/h2-8,10H,1H3. The Morgan fingerprint density at radius 1 is 1.14 bits per heavy atom. The first-order chi connectivity index (χ1) is 10.4. The molecule has 0 aromatic heterocycles. The lowest BCUT2D eigenvalue weighted by Gasteiger charge is -2.28. The quantitative estimate of drug-likeness (QED) is 0.794. The number of anilines is 2. The van der Waals surface area contributed by atoms with Gasteiger partial charge < -0.3 is 4.90 Å². The molecule has 0 saturated carbocycles. The molecule has 2 aromatic carbocycles. The van der Waals surface area contributed by atoms with Crippen LogP contribution in [0.4, 0.5) is 11.4 Å². The van der Waals surface area contributed by atoms with Crippen molar-refractivity contribution >= 4 is 32.8 Å². The zero-order valence-corrected chi connectivity index (χ0v) is 13.2. The number of sulfone groups is 1. The van der Waals surface area contributed by atoms with Gasteiger partial charge in [0.25, 0.3) is 0 Å². The second kappa shape index (κ2) is 5.16. The van der Waals surface area contributed by atoms with Gasteiger partial charge in [0.2, 0.25) is 9.84 Å². The van der Waals surface area contributed by atoms with Gasteiger partial charge in [-0.15, -0.1) is 0 Å². The molecule has 1 aliphatic heterocycles. The van der Waals surface area contributed by atoms with Gasteiger partial charge in [-0.2, -0.15) is 5.26 Å². The summed E-state index contributed by atoms with van der Waals surface area (Å²) in [7, 11) is -3.76. The van der Waals surface area contributed by atoms with Crippen LogP contribution in [0, 0.1) is 18.3 Å². The Hall–Kier alpha value is -2.29. The molecule has 3 rings (SSSR count). The Morgan fingerprint density at radius 3 is 2.55 bits per heavy atom. The summed E-state index contributed by atoms with van der Waals surface area (Å²) in [6, 6.07) is 13.7. The molecular formula is C16H11ClN2O2S. The van der Waals surface area contributed by atoms with Gasteiger partial charge in [0, 0.05) is 16.9 Å². The van der Waals surface area contributed by atoms with E-state index in [0.29, 0.717) is 10.7 Å². The van der Waals surface area contributed by atoms with E-state index in [9.17, 15) is 13.7 Å². The first kappa shape index (κ1) is 14.6.